The molecule has 3 heteroatoms. The number of hydrogen-bond donors (Lipinski definition) is 2. The predicted molar refractivity (Wildman–Crippen MR) is 80.2 cm³/mol. The van der Waals surface area contributed by atoms with E-state index in [0.29, 0.717) is 0 Å². The van der Waals surface area contributed by atoms with Crippen molar-refractivity contribution in [2.24, 2.45) is 0 Å². The quantitative estimate of drug-likeness (QED) is 0.876. The monoisotopic (exact) mass is 262 g/mol. The van der Waals surface area contributed by atoms with Crippen LogP contribution in [0.4, 0.5) is 0 Å². The molecule has 0 bridgehead atoms. The number of likely N-dealkylation sites (N-methyl/N-ethyl adjacent to an activating group) is 1. The number of hydrogen-bond acceptors (Lipinski definition) is 2. The van der Waals surface area contributed by atoms with Crippen LogP contribution in [0.5, 0.6) is 0 Å². The summed E-state index contributed by atoms with van der Waals surface area (Å²) in [6.07, 6.45) is 0. The molecule has 0 aromatic heterocycles. The van der Waals surface area contributed by atoms with Crippen molar-refractivity contribution in [2.75, 3.05) is 7.05 Å². The first-order chi connectivity index (χ1) is 8.75. The average Bonchev–Trinajstić information content (AvgIpc) is 2.36. The lowest BCUT2D eigenvalue weighted by molar-refractivity contribution is -0.123. The Labute approximate surface area is 116 Å². The van der Waals surface area contributed by atoms with Crippen molar-refractivity contribution in [3.8, 4) is 0 Å². The minimum absolute atomic E-state index is 0.0231. The molecule has 0 fully saturated rings. The summed E-state index contributed by atoms with van der Waals surface area (Å²) in [6.45, 7) is 10.4. The van der Waals surface area contributed by atoms with E-state index in [0.717, 1.165) is 5.56 Å². The van der Waals surface area contributed by atoms with Crippen LogP contribution in [-0.4, -0.2) is 19.0 Å². The topological polar surface area (TPSA) is 41.1 Å². The van der Waals surface area contributed by atoms with Crippen LogP contribution in [-0.2, 0) is 10.2 Å². The molecule has 1 aromatic carbocycles. The lowest BCUT2D eigenvalue weighted by Crippen LogP contribution is -2.41. The van der Waals surface area contributed by atoms with Crippen LogP contribution in [0.25, 0.3) is 0 Å². The smallest absolute Gasteiger partial charge is 0.237 e. The Morgan fingerprint density at radius 1 is 1.11 bits per heavy atom. The van der Waals surface area contributed by atoms with Crippen molar-refractivity contribution in [3.63, 3.8) is 0 Å². The number of benzene rings is 1. The number of nitrogens with one attached hydrogen (secondary N) is 2. The van der Waals surface area contributed by atoms with Gasteiger partial charge in [0.2, 0.25) is 5.91 Å². The third-order valence-corrected chi connectivity index (χ3v) is 3.46. The second kappa shape index (κ2) is 6.20. The van der Waals surface area contributed by atoms with Gasteiger partial charge < -0.3 is 10.6 Å². The first-order valence-corrected chi connectivity index (χ1v) is 6.83. The third kappa shape index (κ3) is 4.35. The molecular formula is C16H26N2O. The lowest BCUT2D eigenvalue weighted by atomic mass is 9.86. The van der Waals surface area contributed by atoms with Crippen molar-refractivity contribution in [2.45, 2.75) is 52.1 Å². The molecule has 106 valence electrons. The predicted octanol–water partition coefficient (Wildman–Crippen LogP) is 2.77. The van der Waals surface area contributed by atoms with Gasteiger partial charge in [0.05, 0.1) is 12.1 Å². The molecule has 0 aliphatic carbocycles. The zero-order valence-electron chi connectivity index (χ0n) is 12.9. The van der Waals surface area contributed by atoms with E-state index in [-0.39, 0.29) is 23.4 Å². The van der Waals surface area contributed by atoms with Crippen LogP contribution in [0.15, 0.2) is 24.3 Å². The fourth-order valence-corrected chi connectivity index (χ4v) is 1.82. The van der Waals surface area contributed by atoms with Crippen LogP contribution >= 0.6 is 0 Å². The van der Waals surface area contributed by atoms with Crippen LogP contribution in [0, 0.1) is 0 Å². The van der Waals surface area contributed by atoms with E-state index in [1.807, 2.05) is 13.8 Å². The van der Waals surface area contributed by atoms with Gasteiger partial charge in [-0.15, -0.1) is 0 Å². The molecule has 0 aliphatic heterocycles. The minimum atomic E-state index is -0.170. The average molecular weight is 262 g/mol. The highest BCUT2D eigenvalue weighted by atomic mass is 16.2. The summed E-state index contributed by atoms with van der Waals surface area (Å²) >= 11 is 0. The van der Waals surface area contributed by atoms with E-state index >= 15 is 0 Å². The van der Waals surface area contributed by atoms with Crippen molar-refractivity contribution in [3.05, 3.63) is 35.4 Å². The van der Waals surface area contributed by atoms with Gasteiger partial charge in [-0.05, 0) is 37.4 Å². The molecule has 1 rings (SSSR count). The van der Waals surface area contributed by atoms with Crippen LogP contribution in [0.3, 0.4) is 0 Å². The number of amides is 1. The van der Waals surface area contributed by atoms with Crippen LogP contribution < -0.4 is 10.6 Å². The zero-order chi connectivity index (χ0) is 14.6. The van der Waals surface area contributed by atoms with Crippen LogP contribution in [0.1, 0.15) is 51.8 Å². The highest BCUT2D eigenvalue weighted by Gasteiger charge is 2.16. The van der Waals surface area contributed by atoms with Crippen LogP contribution in [0.2, 0.25) is 0 Å². The van der Waals surface area contributed by atoms with Gasteiger partial charge in [0.1, 0.15) is 0 Å². The largest absolute Gasteiger partial charge is 0.348 e. The Kier molecular flexibility index (Phi) is 5.12. The van der Waals surface area contributed by atoms with E-state index in [9.17, 15) is 4.79 Å². The lowest BCUT2D eigenvalue weighted by Gasteiger charge is -2.21. The summed E-state index contributed by atoms with van der Waals surface area (Å²) in [4.78, 5) is 11.8. The van der Waals surface area contributed by atoms with Gasteiger partial charge in [-0.3, -0.25) is 4.79 Å². The second-order valence-corrected chi connectivity index (χ2v) is 6.11. The fourth-order valence-electron chi connectivity index (χ4n) is 1.82. The SMILES string of the molecule is CNC(C)C(=O)NC(C)c1ccc(C(C)(C)C)cc1. The molecule has 0 saturated heterocycles. The van der Waals surface area contributed by atoms with Gasteiger partial charge in [0.15, 0.2) is 0 Å². The molecule has 2 N–H and O–H groups in total. The molecule has 1 aromatic rings. The third-order valence-electron chi connectivity index (χ3n) is 3.46. The summed E-state index contributed by atoms with van der Waals surface area (Å²) in [6, 6.07) is 8.32. The normalized spacial score (nSPS) is 14.8. The maximum absolute atomic E-state index is 11.8. The van der Waals surface area contributed by atoms with E-state index in [2.05, 4.69) is 55.7 Å². The molecule has 0 radical (unpaired) electrons. The minimum Gasteiger partial charge on any atom is -0.348 e. The standard InChI is InChI=1S/C16H26N2O/c1-11(18-15(19)12(2)17-6)13-7-9-14(10-8-13)16(3,4)5/h7-12,17H,1-6H3,(H,18,19). The highest BCUT2D eigenvalue weighted by molar-refractivity contribution is 5.81. The van der Waals surface area contributed by atoms with Gasteiger partial charge in [-0.2, -0.15) is 0 Å². The maximum Gasteiger partial charge on any atom is 0.237 e. The molecular weight excluding hydrogens is 236 g/mol. The van der Waals surface area contributed by atoms with Gasteiger partial charge >= 0.3 is 0 Å². The summed E-state index contributed by atoms with van der Waals surface area (Å²) in [5, 5.41) is 5.94. The number of carbonyl (C=O) groups is 1. The summed E-state index contributed by atoms with van der Waals surface area (Å²) in [7, 11) is 1.78. The highest BCUT2D eigenvalue weighted by Crippen LogP contribution is 2.23. The summed E-state index contributed by atoms with van der Waals surface area (Å²) in [5.41, 5.74) is 2.59. The zero-order valence-corrected chi connectivity index (χ0v) is 12.9. The molecule has 0 aliphatic rings. The molecule has 3 nitrogen and oxygen atoms in total. The summed E-state index contributed by atoms with van der Waals surface area (Å²) in [5.74, 6) is 0.0231. The molecule has 2 unspecified atom stereocenters. The molecule has 19 heavy (non-hydrogen) atoms. The Hall–Kier alpha value is -1.35. The Bertz CT molecular complexity index is 417. The maximum atomic E-state index is 11.8. The Balaban J connectivity index is 2.73. The number of carbonyl (C=O) groups excluding carboxylic acids is 1. The van der Waals surface area contributed by atoms with Crippen molar-refractivity contribution in [1.29, 1.82) is 0 Å². The second-order valence-electron chi connectivity index (χ2n) is 6.11. The Morgan fingerprint density at radius 2 is 1.63 bits per heavy atom. The molecule has 1 amide bonds. The van der Waals surface area contributed by atoms with Gasteiger partial charge in [-0.25, -0.2) is 0 Å². The molecule has 2 atom stereocenters. The molecule has 0 heterocycles. The van der Waals surface area contributed by atoms with Gasteiger partial charge in [0.25, 0.3) is 0 Å². The van der Waals surface area contributed by atoms with E-state index < -0.39 is 0 Å². The number of rotatable bonds is 4. The molecule has 0 spiro atoms. The van der Waals surface area contributed by atoms with Gasteiger partial charge in [-0.1, -0.05) is 45.0 Å². The summed E-state index contributed by atoms with van der Waals surface area (Å²) < 4.78 is 0. The first-order valence-electron chi connectivity index (χ1n) is 6.83. The fraction of sp³-hybridized carbons (Fsp3) is 0.562. The Morgan fingerprint density at radius 3 is 2.05 bits per heavy atom. The van der Waals surface area contributed by atoms with E-state index in [4.69, 9.17) is 0 Å². The van der Waals surface area contributed by atoms with Crippen molar-refractivity contribution >= 4 is 5.91 Å². The van der Waals surface area contributed by atoms with E-state index in [1.165, 1.54) is 5.56 Å². The van der Waals surface area contributed by atoms with Crippen molar-refractivity contribution in [1.82, 2.24) is 10.6 Å². The van der Waals surface area contributed by atoms with E-state index in [1.54, 1.807) is 7.05 Å². The van der Waals surface area contributed by atoms with Crippen molar-refractivity contribution < 1.29 is 4.79 Å². The first kappa shape index (κ1) is 15.7. The molecule has 0 saturated carbocycles. The van der Waals surface area contributed by atoms with Gasteiger partial charge in [0, 0.05) is 0 Å².